The lowest BCUT2D eigenvalue weighted by Crippen LogP contribution is -2.52. The smallest absolute Gasteiger partial charge is 0.317 e. The summed E-state index contributed by atoms with van der Waals surface area (Å²) in [6.07, 6.45) is 0.752. The van der Waals surface area contributed by atoms with Crippen molar-refractivity contribution in [3.8, 4) is 0 Å². The maximum Gasteiger partial charge on any atom is 0.317 e. The summed E-state index contributed by atoms with van der Waals surface area (Å²) in [6, 6.07) is 7.39. The minimum absolute atomic E-state index is 0.135. The molecule has 0 atom stereocenters. The Labute approximate surface area is 174 Å². The molecule has 0 spiro atoms. The first-order valence-corrected chi connectivity index (χ1v) is 10.0. The van der Waals surface area contributed by atoms with Crippen LogP contribution in [0, 0.1) is 5.92 Å². The number of aromatic amines is 1. The van der Waals surface area contributed by atoms with Crippen LogP contribution in [0.3, 0.4) is 0 Å². The summed E-state index contributed by atoms with van der Waals surface area (Å²) in [5.74, 6) is 1.01. The SMILES string of the molecule is CC(C)Cc1nc(NC(=O)CNC(=O)N2CCN(c3ccc(Cl)cc3)CC2)n[nH]1. The Morgan fingerprint density at radius 3 is 2.52 bits per heavy atom. The fraction of sp³-hybridized carbons (Fsp3) is 0.474. The summed E-state index contributed by atoms with van der Waals surface area (Å²) in [5.41, 5.74) is 1.08. The lowest BCUT2D eigenvalue weighted by Gasteiger charge is -2.36. The first-order valence-electron chi connectivity index (χ1n) is 9.65. The minimum atomic E-state index is -0.367. The van der Waals surface area contributed by atoms with Crippen molar-refractivity contribution in [2.45, 2.75) is 20.3 Å². The maximum atomic E-state index is 12.3. The molecular weight excluding hydrogens is 394 g/mol. The summed E-state index contributed by atoms with van der Waals surface area (Å²) in [6.45, 7) is 6.61. The van der Waals surface area contributed by atoms with Crippen molar-refractivity contribution >= 4 is 35.2 Å². The van der Waals surface area contributed by atoms with E-state index in [4.69, 9.17) is 11.6 Å². The minimum Gasteiger partial charge on any atom is -0.368 e. The fourth-order valence-electron chi connectivity index (χ4n) is 3.09. The van der Waals surface area contributed by atoms with Gasteiger partial charge in [-0.05, 0) is 30.2 Å². The quantitative estimate of drug-likeness (QED) is 0.665. The molecule has 0 bridgehead atoms. The van der Waals surface area contributed by atoms with Gasteiger partial charge >= 0.3 is 6.03 Å². The molecule has 29 heavy (non-hydrogen) atoms. The van der Waals surface area contributed by atoms with Crippen molar-refractivity contribution in [3.05, 3.63) is 35.1 Å². The molecule has 0 radical (unpaired) electrons. The van der Waals surface area contributed by atoms with Gasteiger partial charge in [-0.2, -0.15) is 4.98 Å². The summed E-state index contributed by atoms with van der Waals surface area (Å²) >= 11 is 5.93. The number of anilines is 2. The molecule has 1 aromatic carbocycles. The van der Waals surface area contributed by atoms with Crippen LogP contribution in [0.15, 0.2) is 24.3 Å². The zero-order valence-corrected chi connectivity index (χ0v) is 17.4. The molecule has 2 aromatic rings. The molecule has 3 N–H and O–H groups in total. The van der Waals surface area contributed by atoms with E-state index < -0.39 is 0 Å². The van der Waals surface area contributed by atoms with Crippen LogP contribution in [0.2, 0.25) is 5.02 Å². The van der Waals surface area contributed by atoms with E-state index in [0.29, 0.717) is 24.0 Å². The van der Waals surface area contributed by atoms with Gasteiger partial charge in [-0.15, -0.1) is 5.10 Å². The molecular formula is C19H26ClN7O2. The highest BCUT2D eigenvalue weighted by molar-refractivity contribution is 6.30. The number of piperazine rings is 1. The average Bonchev–Trinajstić information content (AvgIpc) is 3.12. The number of hydrogen-bond donors (Lipinski definition) is 3. The van der Waals surface area contributed by atoms with Gasteiger partial charge in [0.15, 0.2) is 0 Å². The van der Waals surface area contributed by atoms with Gasteiger partial charge in [0.05, 0.1) is 6.54 Å². The third kappa shape index (κ3) is 6.08. The first-order chi connectivity index (χ1) is 13.9. The summed E-state index contributed by atoms with van der Waals surface area (Å²) in [7, 11) is 0. The number of halogens is 1. The van der Waals surface area contributed by atoms with E-state index >= 15 is 0 Å². The molecule has 9 nitrogen and oxygen atoms in total. The van der Waals surface area contributed by atoms with Crippen LogP contribution in [0.5, 0.6) is 0 Å². The molecule has 3 amide bonds. The van der Waals surface area contributed by atoms with E-state index in [0.717, 1.165) is 31.0 Å². The van der Waals surface area contributed by atoms with Crippen LogP contribution in [-0.2, 0) is 11.2 Å². The van der Waals surface area contributed by atoms with Crippen molar-refractivity contribution in [1.82, 2.24) is 25.4 Å². The molecule has 156 valence electrons. The normalized spacial score (nSPS) is 14.2. The van der Waals surface area contributed by atoms with Crippen LogP contribution in [0.1, 0.15) is 19.7 Å². The van der Waals surface area contributed by atoms with Crippen LogP contribution in [0.25, 0.3) is 0 Å². The van der Waals surface area contributed by atoms with Gasteiger partial charge in [0.1, 0.15) is 5.82 Å². The molecule has 2 heterocycles. The number of nitrogens with zero attached hydrogens (tertiary/aromatic N) is 4. The van der Waals surface area contributed by atoms with Crippen LogP contribution in [0.4, 0.5) is 16.4 Å². The second-order valence-electron chi connectivity index (χ2n) is 7.36. The van der Waals surface area contributed by atoms with Crippen LogP contribution < -0.4 is 15.5 Å². The number of benzene rings is 1. The van der Waals surface area contributed by atoms with E-state index in [2.05, 4.69) is 44.6 Å². The number of H-pyrrole nitrogens is 1. The third-order valence-corrected chi connectivity index (χ3v) is 4.80. The Hall–Kier alpha value is -2.81. The highest BCUT2D eigenvalue weighted by Gasteiger charge is 2.21. The zero-order valence-electron chi connectivity index (χ0n) is 16.6. The Kier molecular flexibility index (Phi) is 6.92. The number of carbonyl (C=O) groups is 2. The van der Waals surface area contributed by atoms with E-state index in [1.807, 2.05) is 24.3 Å². The number of rotatable bonds is 6. The number of hydrogen-bond acceptors (Lipinski definition) is 5. The molecule has 1 aliphatic heterocycles. The number of nitrogens with one attached hydrogen (secondary N) is 3. The molecule has 1 aromatic heterocycles. The lowest BCUT2D eigenvalue weighted by molar-refractivity contribution is -0.115. The second-order valence-corrected chi connectivity index (χ2v) is 7.80. The molecule has 0 aliphatic carbocycles. The summed E-state index contributed by atoms with van der Waals surface area (Å²) < 4.78 is 0. The zero-order chi connectivity index (χ0) is 20.8. The van der Waals surface area contributed by atoms with Crippen LogP contribution >= 0.6 is 11.6 Å². The predicted molar refractivity (Wildman–Crippen MR) is 112 cm³/mol. The van der Waals surface area contributed by atoms with E-state index in [-0.39, 0.29) is 24.4 Å². The molecule has 10 heteroatoms. The Balaban J connectivity index is 1.40. The maximum absolute atomic E-state index is 12.3. The predicted octanol–water partition coefficient (Wildman–Crippen LogP) is 2.13. The molecule has 1 fully saturated rings. The Bertz CT molecular complexity index is 829. The van der Waals surface area contributed by atoms with Gasteiger partial charge in [-0.3, -0.25) is 15.2 Å². The first kappa shape index (κ1) is 20.9. The summed E-state index contributed by atoms with van der Waals surface area (Å²) in [4.78, 5) is 32.5. The van der Waals surface area contributed by atoms with E-state index in [1.54, 1.807) is 4.90 Å². The monoisotopic (exact) mass is 419 g/mol. The van der Waals surface area contributed by atoms with Crippen molar-refractivity contribution in [1.29, 1.82) is 0 Å². The standard InChI is InChI=1S/C19H26ClN7O2/c1-13(2)11-16-22-18(25-24-16)23-17(28)12-21-19(29)27-9-7-26(8-10-27)15-5-3-14(20)4-6-15/h3-6,13H,7-12H2,1-2H3,(H,21,29)(H2,22,23,24,25,28). The Morgan fingerprint density at radius 1 is 1.17 bits per heavy atom. The van der Waals surface area contributed by atoms with Gasteiger partial charge in [0, 0.05) is 43.3 Å². The number of amides is 3. The number of carbonyl (C=O) groups excluding carboxylic acids is 2. The van der Waals surface area contributed by atoms with E-state index in [1.165, 1.54) is 0 Å². The number of urea groups is 1. The van der Waals surface area contributed by atoms with Crippen molar-refractivity contribution in [2.75, 3.05) is 42.9 Å². The van der Waals surface area contributed by atoms with Gasteiger partial charge in [0.25, 0.3) is 0 Å². The number of aromatic nitrogens is 3. The van der Waals surface area contributed by atoms with Crippen molar-refractivity contribution < 1.29 is 9.59 Å². The van der Waals surface area contributed by atoms with Gasteiger partial charge in [-0.25, -0.2) is 4.79 Å². The third-order valence-electron chi connectivity index (χ3n) is 4.54. The fourth-order valence-corrected chi connectivity index (χ4v) is 3.21. The van der Waals surface area contributed by atoms with Crippen molar-refractivity contribution in [3.63, 3.8) is 0 Å². The van der Waals surface area contributed by atoms with Gasteiger partial charge < -0.3 is 15.1 Å². The molecule has 0 saturated carbocycles. The molecule has 1 saturated heterocycles. The molecule has 1 aliphatic rings. The van der Waals surface area contributed by atoms with Crippen molar-refractivity contribution in [2.24, 2.45) is 5.92 Å². The highest BCUT2D eigenvalue weighted by Crippen LogP contribution is 2.19. The topological polar surface area (TPSA) is 106 Å². The Morgan fingerprint density at radius 2 is 1.86 bits per heavy atom. The summed E-state index contributed by atoms with van der Waals surface area (Å²) in [5, 5.41) is 12.7. The molecule has 3 rings (SSSR count). The highest BCUT2D eigenvalue weighted by atomic mass is 35.5. The second kappa shape index (κ2) is 9.60. The van der Waals surface area contributed by atoms with E-state index in [9.17, 15) is 9.59 Å². The molecule has 0 unspecified atom stereocenters. The van der Waals surface area contributed by atoms with Gasteiger partial charge in [-0.1, -0.05) is 25.4 Å². The van der Waals surface area contributed by atoms with Crippen LogP contribution in [-0.4, -0.2) is 64.7 Å². The van der Waals surface area contributed by atoms with Gasteiger partial charge in [0.2, 0.25) is 11.9 Å². The lowest BCUT2D eigenvalue weighted by atomic mass is 10.1. The largest absolute Gasteiger partial charge is 0.368 e. The average molecular weight is 420 g/mol.